The molecule has 5 nitrogen and oxygen atoms in total. The minimum absolute atomic E-state index is 0.0531. The van der Waals surface area contributed by atoms with Crippen LogP contribution in [0, 0.1) is 0 Å². The third-order valence-electron chi connectivity index (χ3n) is 4.21. The van der Waals surface area contributed by atoms with Crippen molar-refractivity contribution in [2.75, 3.05) is 5.32 Å². The second kappa shape index (κ2) is 9.94. The number of hydrogen-bond acceptors (Lipinski definition) is 3. The molecule has 0 saturated heterocycles. The van der Waals surface area contributed by atoms with Gasteiger partial charge in [0.1, 0.15) is 6.04 Å². The highest BCUT2D eigenvalue weighted by Gasteiger charge is 2.26. The molecule has 0 aliphatic heterocycles. The molecule has 0 heterocycles. The van der Waals surface area contributed by atoms with Crippen molar-refractivity contribution in [3.05, 3.63) is 92.9 Å². The van der Waals surface area contributed by atoms with Crippen molar-refractivity contribution in [1.29, 1.82) is 0 Å². The zero-order valence-electron chi connectivity index (χ0n) is 15.5. The van der Waals surface area contributed by atoms with Crippen molar-refractivity contribution in [3.8, 4) is 0 Å². The van der Waals surface area contributed by atoms with Gasteiger partial charge in [-0.15, -0.1) is 0 Å². The lowest BCUT2D eigenvalue weighted by molar-refractivity contribution is -0.117. The fraction of sp³-hybridized carbons (Fsp3) is 0.0952. The van der Waals surface area contributed by atoms with Gasteiger partial charge in [-0.25, -0.2) is 8.42 Å². The van der Waals surface area contributed by atoms with E-state index in [4.69, 9.17) is 23.2 Å². The Labute approximate surface area is 193 Å². The summed E-state index contributed by atoms with van der Waals surface area (Å²) in [6.45, 7) is 0. The first-order valence-corrected chi connectivity index (χ1v) is 11.9. The average molecular weight is 528 g/mol. The van der Waals surface area contributed by atoms with Gasteiger partial charge in [-0.1, -0.05) is 69.5 Å². The number of sulfonamides is 1. The van der Waals surface area contributed by atoms with Crippen LogP contribution < -0.4 is 10.0 Å². The first-order valence-electron chi connectivity index (χ1n) is 8.82. The largest absolute Gasteiger partial charge is 0.323 e. The Morgan fingerprint density at radius 3 is 2.30 bits per heavy atom. The van der Waals surface area contributed by atoms with Gasteiger partial charge in [0, 0.05) is 9.50 Å². The van der Waals surface area contributed by atoms with E-state index in [1.54, 1.807) is 24.3 Å². The highest BCUT2D eigenvalue weighted by molar-refractivity contribution is 9.10. The summed E-state index contributed by atoms with van der Waals surface area (Å²) in [5, 5.41) is 3.35. The Bertz CT molecular complexity index is 1140. The summed E-state index contributed by atoms with van der Waals surface area (Å²) < 4.78 is 29.0. The van der Waals surface area contributed by atoms with Crippen molar-refractivity contribution in [2.45, 2.75) is 17.4 Å². The third kappa shape index (κ3) is 6.06. The Hall–Kier alpha value is -1.90. The van der Waals surface area contributed by atoms with Crippen LogP contribution >= 0.6 is 39.1 Å². The minimum Gasteiger partial charge on any atom is -0.323 e. The number of benzene rings is 3. The molecule has 0 fully saturated rings. The van der Waals surface area contributed by atoms with E-state index in [0.717, 1.165) is 10.0 Å². The van der Waals surface area contributed by atoms with Crippen LogP contribution in [0.4, 0.5) is 5.69 Å². The molecule has 0 aromatic heterocycles. The van der Waals surface area contributed by atoms with Crippen molar-refractivity contribution >= 4 is 60.7 Å². The molecule has 3 rings (SSSR count). The van der Waals surface area contributed by atoms with Gasteiger partial charge in [-0.3, -0.25) is 4.79 Å². The standard InChI is InChI=1S/C21H17BrCl2N2O3S/c22-15-6-9-17(10-7-15)30(28,29)26-20(12-14-4-2-1-3-5-14)21(27)25-19-13-16(23)8-11-18(19)24/h1-11,13,20,26H,12H2,(H,25,27)/t20-/m1/s1. The van der Waals surface area contributed by atoms with Gasteiger partial charge in [0.15, 0.2) is 0 Å². The normalized spacial score (nSPS) is 12.4. The molecule has 9 heteroatoms. The third-order valence-corrected chi connectivity index (χ3v) is 6.79. The molecule has 1 atom stereocenters. The first-order chi connectivity index (χ1) is 14.2. The summed E-state index contributed by atoms with van der Waals surface area (Å²) >= 11 is 15.4. The second-order valence-corrected chi connectivity index (χ2v) is 9.90. The van der Waals surface area contributed by atoms with Gasteiger partial charge in [0.25, 0.3) is 0 Å². The van der Waals surface area contributed by atoms with Crippen molar-refractivity contribution < 1.29 is 13.2 Å². The van der Waals surface area contributed by atoms with Crippen LogP contribution in [-0.2, 0) is 21.2 Å². The summed E-state index contributed by atoms with van der Waals surface area (Å²) in [6, 6.07) is 18.9. The number of nitrogens with one attached hydrogen (secondary N) is 2. The van der Waals surface area contributed by atoms with Crippen LogP contribution in [0.15, 0.2) is 82.2 Å². The quantitative estimate of drug-likeness (QED) is 0.438. The Morgan fingerprint density at radius 2 is 1.63 bits per heavy atom. The molecule has 0 aliphatic carbocycles. The number of anilines is 1. The number of halogens is 3. The Kier molecular flexibility index (Phi) is 7.55. The molecule has 3 aromatic rings. The highest BCUT2D eigenvalue weighted by atomic mass is 79.9. The van der Waals surface area contributed by atoms with E-state index in [9.17, 15) is 13.2 Å². The summed E-state index contributed by atoms with van der Waals surface area (Å²) in [7, 11) is -3.94. The molecule has 0 spiro atoms. The van der Waals surface area contributed by atoms with Crippen LogP contribution in [0.3, 0.4) is 0 Å². The molecule has 3 aromatic carbocycles. The van der Waals surface area contributed by atoms with Crippen molar-refractivity contribution in [2.24, 2.45) is 0 Å². The zero-order valence-corrected chi connectivity index (χ0v) is 19.4. The van der Waals surface area contributed by atoms with Crippen LogP contribution in [-0.4, -0.2) is 20.4 Å². The SMILES string of the molecule is O=C(Nc1cc(Cl)ccc1Cl)[C@@H](Cc1ccccc1)NS(=O)(=O)c1ccc(Br)cc1. The maximum absolute atomic E-state index is 13.0. The topological polar surface area (TPSA) is 75.3 Å². The average Bonchev–Trinajstić information content (AvgIpc) is 2.71. The Morgan fingerprint density at radius 1 is 0.967 bits per heavy atom. The molecule has 0 radical (unpaired) electrons. The molecule has 0 aliphatic rings. The smallest absolute Gasteiger partial charge is 0.242 e. The molecule has 156 valence electrons. The van der Waals surface area contributed by atoms with Crippen LogP contribution in [0.5, 0.6) is 0 Å². The summed E-state index contributed by atoms with van der Waals surface area (Å²) in [5.41, 5.74) is 1.10. The molecular weight excluding hydrogens is 511 g/mol. The monoisotopic (exact) mass is 526 g/mol. The van der Waals surface area contributed by atoms with E-state index < -0.39 is 22.0 Å². The number of rotatable bonds is 7. The van der Waals surface area contributed by atoms with E-state index >= 15 is 0 Å². The van der Waals surface area contributed by atoms with E-state index in [1.807, 2.05) is 30.3 Å². The van der Waals surface area contributed by atoms with Gasteiger partial charge in [0.05, 0.1) is 15.6 Å². The minimum atomic E-state index is -3.94. The molecule has 0 bridgehead atoms. The van der Waals surface area contributed by atoms with Crippen molar-refractivity contribution in [3.63, 3.8) is 0 Å². The number of amides is 1. The molecular formula is C21H17BrCl2N2O3S. The van der Waals surface area contributed by atoms with Gasteiger partial charge < -0.3 is 5.32 Å². The predicted octanol–water partition coefficient (Wildman–Crippen LogP) is 5.28. The Balaban J connectivity index is 1.88. The summed E-state index contributed by atoms with van der Waals surface area (Å²) in [6.07, 6.45) is 0.153. The second-order valence-electron chi connectivity index (χ2n) is 6.43. The lowest BCUT2D eigenvalue weighted by Gasteiger charge is -2.19. The van der Waals surface area contributed by atoms with E-state index in [2.05, 4.69) is 26.0 Å². The van der Waals surface area contributed by atoms with Crippen LogP contribution in [0.25, 0.3) is 0 Å². The van der Waals surface area contributed by atoms with Crippen LogP contribution in [0.1, 0.15) is 5.56 Å². The molecule has 1 amide bonds. The van der Waals surface area contributed by atoms with Gasteiger partial charge in [-0.2, -0.15) is 4.72 Å². The maximum atomic E-state index is 13.0. The van der Waals surface area contributed by atoms with Gasteiger partial charge >= 0.3 is 0 Å². The lowest BCUT2D eigenvalue weighted by atomic mass is 10.1. The van der Waals surface area contributed by atoms with E-state index in [1.165, 1.54) is 18.2 Å². The molecule has 0 saturated carbocycles. The van der Waals surface area contributed by atoms with Crippen LogP contribution in [0.2, 0.25) is 10.0 Å². The van der Waals surface area contributed by atoms with E-state index in [-0.39, 0.29) is 11.3 Å². The molecule has 30 heavy (non-hydrogen) atoms. The molecule has 2 N–H and O–H groups in total. The molecule has 0 unspecified atom stereocenters. The van der Waals surface area contributed by atoms with Gasteiger partial charge in [-0.05, 0) is 54.4 Å². The first kappa shape index (κ1) is 22.8. The highest BCUT2D eigenvalue weighted by Crippen LogP contribution is 2.26. The van der Waals surface area contributed by atoms with Crippen molar-refractivity contribution in [1.82, 2.24) is 4.72 Å². The fourth-order valence-electron chi connectivity index (χ4n) is 2.72. The number of hydrogen-bond donors (Lipinski definition) is 2. The predicted molar refractivity (Wildman–Crippen MR) is 123 cm³/mol. The van der Waals surface area contributed by atoms with E-state index in [0.29, 0.717) is 15.7 Å². The van der Waals surface area contributed by atoms with Gasteiger partial charge in [0.2, 0.25) is 15.9 Å². The lowest BCUT2D eigenvalue weighted by Crippen LogP contribution is -2.45. The number of carbonyl (C=O) groups is 1. The maximum Gasteiger partial charge on any atom is 0.242 e. The fourth-order valence-corrected chi connectivity index (χ4v) is 4.52. The zero-order chi connectivity index (χ0) is 21.7. The summed E-state index contributed by atoms with van der Waals surface area (Å²) in [4.78, 5) is 13.0. The number of carbonyl (C=O) groups excluding carboxylic acids is 1. The summed E-state index contributed by atoms with van der Waals surface area (Å²) in [5.74, 6) is -0.552.